The number of hydrogen-bond acceptors (Lipinski definition) is 5. The second kappa shape index (κ2) is 7.56. The minimum atomic E-state index is -0.771. The fourth-order valence-electron chi connectivity index (χ4n) is 1.95. The zero-order valence-electron chi connectivity index (χ0n) is 11.6. The zero-order valence-corrected chi connectivity index (χ0v) is 11.6. The lowest BCUT2D eigenvalue weighted by Crippen LogP contribution is -2.20. The second-order valence-corrected chi connectivity index (χ2v) is 4.92. The Labute approximate surface area is 113 Å². The summed E-state index contributed by atoms with van der Waals surface area (Å²) in [5.41, 5.74) is 0. The molecule has 1 rings (SSSR count). The fraction of sp³-hybridized carbons (Fsp3) is 0.615. The summed E-state index contributed by atoms with van der Waals surface area (Å²) in [6, 6.07) is 1.69. The molecule has 19 heavy (non-hydrogen) atoms. The molecule has 0 saturated carbocycles. The standard InChI is InChI=1S/C13H21N3O3/c1-9(2)4-10(5-13(17)18)7-14-11-6-12(19-3)16-8-15-11/h6,8-10H,4-5,7H2,1-3H3,(H,17,18)(H,14,15,16). The quantitative estimate of drug-likeness (QED) is 0.749. The molecule has 1 unspecified atom stereocenters. The fourth-order valence-corrected chi connectivity index (χ4v) is 1.95. The first-order valence-electron chi connectivity index (χ1n) is 6.33. The summed E-state index contributed by atoms with van der Waals surface area (Å²) in [6.45, 7) is 4.75. The molecule has 0 saturated heterocycles. The van der Waals surface area contributed by atoms with Crippen molar-refractivity contribution in [3.8, 4) is 5.88 Å². The van der Waals surface area contributed by atoms with Crippen molar-refractivity contribution in [3.05, 3.63) is 12.4 Å². The van der Waals surface area contributed by atoms with Gasteiger partial charge in [-0.3, -0.25) is 4.79 Å². The number of methoxy groups -OCH3 is 1. The van der Waals surface area contributed by atoms with E-state index < -0.39 is 5.97 Å². The van der Waals surface area contributed by atoms with Crippen molar-refractivity contribution in [1.82, 2.24) is 9.97 Å². The number of carboxylic acid groups (broad SMARTS) is 1. The number of anilines is 1. The molecule has 0 aliphatic heterocycles. The normalized spacial score (nSPS) is 12.2. The molecular formula is C13H21N3O3. The highest BCUT2D eigenvalue weighted by molar-refractivity contribution is 5.67. The van der Waals surface area contributed by atoms with E-state index in [1.165, 1.54) is 13.4 Å². The predicted molar refractivity (Wildman–Crippen MR) is 72.3 cm³/mol. The van der Waals surface area contributed by atoms with Crippen LogP contribution in [0.1, 0.15) is 26.7 Å². The smallest absolute Gasteiger partial charge is 0.303 e. The van der Waals surface area contributed by atoms with Gasteiger partial charge < -0.3 is 15.2 Å². The van der Waals surface area contributed by atoms with Gasteiger partial charge >= 0.3 is 5.97 Å². The molecule has 6 heteroatoms. The summed E-state index contributed by atoms with van der Waals surface area (Å²) < 4.78 is 5.01. The lowest BCUT2D eigenvalue weighted by molar-refractivity contribution is -0.138. The van der Waals surface area contributed by atoms with Crippen LogP contribution in [0.5, 0.6) is 5.88 Å². The highest BCUT2D eigenvalue weighted by atomic mass is 16.5. The van der Waals surface area contributed by atoms with Gasteiger partial charge in [0.15, 0.2) is 0 Å². The Kier molecular flexibility index (Phi) is 6.05. The van der Waals surface area contributed by atoms with Crippen LogP contribution >= 0.6 is 0 Å². The van der Waals surface area contributed by atoms with Crippen molar-refractivity contribution in [2.45, 2.75) is 26.7 Å². The van der Waals surface area contributed by atoms with Gasteiger partial charge in [0, 0.05) is 19.0 Å². The number of rotatable bonds is 8. The minimum Gasteiger partial charge on any atom is -0.481 e. The Morgan fingerprint density at radius 3 is 2.79 bits per heavy atom. The Bertz CT molecular complexity index is 410. The Balaban J connectivity index is 2.56. The highest BCUT2D eigenvalue weighted by Gasteiger charge is 2.15. The number of ether oxygens (including phenoxy) is 1. The van der Waals surface area contributed by atoms with Crippen molar-refractivity contribution in [2.75, 3.05) is 19.0 Å². The summed E-state index contributed by atoms with van der Waals surface area (Å²) in [5.74, 6) is 0.902. The van der Waals surface area contributed by atoms with Gasteiger partial charge in [-0.15, -0.1) is 0 Å². The van der Waals surface area contributed by atoms with Gasteiger partial charge in [-0.25, -0.2) is 9.97 Å². The summed E-state index contributed by atoms with van der Waals surface area (Å²) >= 11 is 0. The molecule has 2 N–H and O–H groups in total. The lowest BCUT2D eigenvalue weighted by atomic mass is 9.94. The van der Waals surface area contributed by atoms with Crippen LogP contribution in [0, 0.1) is 11.8 Å². The summed E-state index contributed by atoms with van der Waals surface area (Å²) in [7, 11) is 1.54. The van der Waals surface area contributed by atoms with Gasteiger partial charge in [0.1, 0.15) is 12.1 Å². The third kappa shape index (κ3) is 6.03. The van der Waals surface area contributed by atoms with E-state index in [0.717, 1.165) is 6.42 Å². The Morgan fingerprint density at radius 2 is 2.21 bits per heavy atom. The van der Waals surface area contributed by atoms with E-state index in [0.29, 0.717) is 24.2 Å². The van der Waals surface area contributed by atoms with E-state index in [4.69, 9.17) is 9.84 Å². The second-order valence-electron chi connectivity index (χ2n) is 4.92. The van der Waals surface area contributed by atoms with E-state index in [1.54, 1.807) is 6.07 Å². The van der Waals surface area contributed by atoms with E-state index >= 15 is 0 Å². The first kappa shape index (κ1) is 15.2. The van der Waals surface area contributed by atoms with Crippen LogP contribution in [0.2, 0.25) is 0 Å². The van der Waals surface area contributed by atoms with Crippen LogP contribution in [-0.2, 0) is 4.79 Å². The minimum absolute atomic E-state index is 0.0819. The predicted octanol–water partition coefficient (Wildman–Crippen LogP) is 2.03. The van der Waals surface area contributed by atoms with Gasteiger partial charge in [-0.2, -0.15) is 0 Å². The number of aromatic nitrogens is 2. The SMILES string of the molecule is COc1cc(NCC(CC(=O)O)CC(C)C)ncn1. The lowest BCUT2D eigenvalue weighted by Gasteiger charge is -2.18. The van der Waals surface area contributed by atoms with Crippen LogP contribution < -0.4 is 10.1 Å². The number of hydrogen-bond donors (Lipinski definition) is 2. The van der Waals surface area contributed by atoms with Crippen LogP contribution in [0.4, 0.5) is 5.82 Å². The Morgan fingerprint density at radius 1 is 1.47 bits per heavy atom. The topological polar surface area (TPSA) is 84.3 Å². The van der Waals surface area contributed by atoms with E-state index in [-0.39, 0.29) is 12.3 Å². The van der Waals surface area contributed by atoms with E-state index in [9.17, 15) is 4.79 Å². The monoisotopic (exact) mass is 267 g/mol. The van der Waals surface area contributed by atoms with Crippen molar-refractivity contribution in [2.24, 2.45) is 11.8 Å². The first-order chi connectivity index (χ1) is 9.01. The number of nitrogens with zero attached hydrogens (tertiary/aromatic N) is 2. The van der Waals surface area contributed by atoms with Crippen LogP contribution in [0.3, 0.4) is 0 Å². The molecule has 6 nitrogen and oxygen atoms in total. The maximum atomic E-state index is 10.8. The molecule has 0 spiro atoms. The molecule has 0 bridgehead atoms. The number of carboxylic acids is 1. The Hall–Kier alpha value is -1.85. The van der Waals surface area contributed by atoms with Crippen LogP contribution in [0.15, 0.2) is 12.4 Å². The molecule has 1 aromatic heterocycles. The third-order valence-corrected chi connectivity index (χ3v) is 2.69. The van der Waals surface area contributed by atoms with E-state index in [1.807, 2.05) is 0 Å². The number of carbonyl (C=O) groups is 1. The maximum absolute atomic E-state index is 10.8. The molecule has 1 heterocycles. The summed E-state index contributed by atoms with van der Waals surface area (Å²) in [4.78, 5) is 18.8. The molecule has 0 amide bonds. The third-order valence-electron chi connectivity index (χ3n) is 2.69. The maximum Gasteiger partial charge on any atom is 0.303 e. The van der Waals surface area contributed by atoms with Crippen molar-refractivity contribution >= 4 is 11.8 Å². The summed E-state index contributed by atoms with van der Waals surface area (Å²) in [6.07, 6.45) is 2.44. The molecule has 0 aliphatic carbocycles. The van der Waals surface area contributed by atoms with Gasteiger partial charge in [-0.1, -0.05) is 13.8 Å². The highest BCUT2D eigenvalue weighted by Crippen LogP contribution is 2.17. The van der Waals surface area contributed by atoms with Gasteiger partial charge in [0.05, 0.1) is 7.11 Å². The molecule has 0 aliphatic rings. The molecule has 0 radical (unpaired) electrons. The number of aliphatic carboxylic acids is 1. The number of nitrogens with one attached hydrogen (secondary N) is 1. The van der Waals surface area contributed by atoms with Gasteiger partial charge in [0.25, 0.3) is 0 Å². The van der Waals surface area contributed by atoms with Crippen LogP contribution in [-0.4, -0.2) is 34.7 Å². The van der Waals surface area contributed by atoms with Gasteiger partial charge in [-0.05, 0) is 18.3 Å². The first-order valence-corrected chi connectivity index (χ1v) is 6.33. The summed E-state index contributed by atoms with van der Waals surface area (Å²) in [5, 5.41) is 12.0. The molecular weight excluding hydrogens is 246 g/mol. The molecule has 1 aromatic rings. The average molecular weight is 267 g/mol. The van der Waals surface area contributed by atoms with Crippen molar-refractivity contribution in [3.63, 3.8) is 0 Å². The largest absolute Gasteiger partial charge is 0.481 e. The molecule has 1 atom stereocenters. The van der Waals surface area contributed by atoms with Crippen molar-refractivity contribution in [1.29, 1.82) is 0 Å². The molecule has 106 valence electrons. The molecule has 0 aromatic carbocycles. The van der Waals surface area contributed by atoms with Crippen molar-refractivity contribution < 1.29 is 14.6 Å². The van der Waals surface area contributed by atoms with Gasteiger partial charge in [0.2, 0.25) is 5.88 Å². The molecule has 0 fully saturated rings. The van der Waals surface area contributed by atoms with Crippen LogP contribution in [0.25, 0.3) is 0 Å². The van der Waals surface area contributed by atoms with E-state index in [2.05, 4.69) is 29.1 Å². The average Bonchev–Trinajstić information content (AvgIpc) is 2.35. The zero-order chi connectivity index (χ0) is 14.3.